The van der Waals surface area contributed by atoms with Crippen LogP contribution in [-0.4, -0.2) is 39.3 Å². The van der Waals surface area contributed by atoms with Crippen LogP contribution in [0.15, 0.2) is 48.7 Å². The van der Waals surface area contributed by atoms with E-state index in [1.807, 2.05) is 61.6 Å². The van der Waals surface area contributed by atoms with Gasteiger partial charge in [-0.1, -0.05) is 18.2 Å². The highest BCUT2D eigenvalue weighted by Gasteiger charge is 2.08. The first-order valence-corrected chi connectivity index (χ1v) is 8.42. The minimum Gasteiger partial charge on any atom is -0.363 e. The molecule has 0 aliphatic rings. The van der Waals surface area contributed by atoms with Gasteiger partial charge in [0.25, 0.3) is 0 Å². The maximum Gasteiger partial charge on any atom is 0.166 e. The Hall–Kier alpha value is -2.41. The van der Waals surface area contributed by atoms with Gasteiger partial charge in [0.05, 0.1) is 11.4 Å². The van der Waals surface area contributed by atoms with E-state index in [1.165, 1.54) is 5.56 Å². The fraction of sp³-hybridized carbons (Fsp3) is 0.250. The van der Waals surface area contributed by atoms with Crippen LogP contribution < -0.4 is 4.90 Å². The average Bonchev–Trinajstić information content (AvgIpc) is 3.04. The number of hydrogen-bond donors (Lipinski definition) is 0. The summed E-state index contributed by atoms with van der Waals surface area (Å²) < 4.78 is 1.78. The third-order valence-electron chi connectivity index (χ3n) is 3.30. The van der Waals surface area contributed by atoms with Crippen LogP contribution in [0, 0.1) is 0 Å². The van der Waals surface area contributed by atoms with Crippen LogP contribution in [-0.2, 0) is 11.5 Å². The second kappa shape index (κ2) is 7.23. The molecule has 3 aromatic rings. The van der Waals surface area contributed by atoms with Crippen LogP contribution in [0.2, 0.25) is 0 Å². The number of para-hydroxylation sites is 1. The van der Waals surface area contributed by atoms with E-state index in [-0.39, 0.29) is 0 Å². The van der Waals surface area contributed by atoms with Crippen molar-refractivity contribution in [2.24, 2.45) is 0 Å². The van der Waals surface area contributed by atoms with Crippen LogP contribution in [0.25, 0.3) is 5.69 Å². The second-order valence-corrected chi connectivity index (χ2v) is 6.24. The molecule has 0 aliphatic carbocycles. The molecule has 0 atom stereocenters. The molecule has 23 heavy (non-hydrogen) atoms. The first kappa shape index (κ1) is 15.5. The van der Waals surface area contributed by atoms with Gasteiger partial charge in [0.15, 0.2) is 5.82 Å². The zero-order valence-corrected chi connectivity index (χ0v) is 13.9. The molecule has 7 heteroatoms. The van der Waals surface area contributed by atoms with Crippen LogP contribution in [0.5, 0.6) is 0 Å². The van der Waals surface area contributed by atoms with Crippen LogP contribution >= 0.6 is 11.8 Å². The number of tetrazole rings is 1. The van der Waals surface area contributed by atoms with Gasteiger partial charge < -0.3 is 4.90 Å². The number of nitrogens with zero attached hydrogens (tertiary/aromatic N) is 6. The lowest BCUT2D eigenvalue weighted by Crippen LogP contribution is -2.10. The van der Waals surface area contributed by atoms with Gasteiger partial charge in [0, 0.05) is 26.0 Å². The van der Waals surface area contributed by atoms with Gasteiger partial charge in [-0.05, 0) is 40.3 Å². The summed E-state index contributed by atoms with van der Waals surface area (Å²) >= 11 is 1.78. The molecular formula is C16H18N6S. The first-order chi connectivity index (χ1) is 11.2. The van der Waals surface area contributed by atoms with Crippen LogP contribution in [0.1, 0.15) is 11.4 Å². The SMILES string of the molecule is CN(C)c1cc(CSCc2nnnn2-c2ccccc2)ccn1. The van der Waals surface area contributed by atoms with E-state index in [0.717, 1.165) is 28.8 Å². The zero-order chi connectivity index (χ0) is 16.1. The van der Waals surface area contributed by atoms with Gasteiger partial charge >= 0.3 is 0 Å². The Kier molecular flexibility index (Phi) is 4.87. The summed E-state index contributed by atoms with van der Waals surface area (Å²) in [6, 6.07) is 14.1. The van der Waals surface area contributed by atoms with Gasteiger partial charge in [-0.3, -0.25) is 0 Å². The van der Waals surface area contributed by atoms with Crippen molar-refractivity contribution in [2.75, 3.05) is 19.0 Å². The van der Waals surface area contributed by atoms with Gasteiger partial charge in [-0.25, -0.2) is 4.98 Å². The number of thioether (sulfide) groups is 1. The molecule has 2 aromatic heterocycles. The van der Waals surface area contributed by atoms with Crippen molar-refractivity contribution >= 4 is 17.6 Å². The molecule has 0 aliphatic heterocycles. The average molecular weight is 326 g/mol. The Balaban J connectivity index is 1.64. The summed E-state index contributed by atoms with van der Waals surface area (Å²) in [6.45, 7) is 0. The van der Waals surface area contributed by atoms with Crippen molar-refractivity contribution in [3.8, 4) is 5.69 Å². The smallest absolute Gasteiger partial charge is 0.166 e. The van der Waals surface area contributed by atoms with E-state index >= 15 is 0 Å². The Morgan fingerprint density at radius 3 is 2.70 bits per heavy atom. The van der Waals surface area contributed by atoms with Crippen molar-refractivity contribution < 1.29 is 0 Å². The summed E-state index contributed by atoms with van der Waals surface area (Å²) in [6.07, 6.45) is 1.85. The molecule has 0 amide bonds. The molecule has 3 rings (SSSR count). The van der Waals surface area contributed by atoms with Crippen molar-refractivity contribution in [3.63, 3.8) is 0 Å². The van der Waals surface area contributed by atoms with Crippen LogP contribution in [0.3, 0.4) is 0 Å². The molecule has 0 bridgehead atoms. The van der Waals surface area contributed by atoms with E-state index in [9.17, 15) is 0 Å². The highest BCUT2D eigenvalue weighted by molar-refractivity contribution is 7.97. The molecule has 118 valence electrons. The molecular weight excluding hydrogens is 308 g/mol. The Bertz CT molecular complexity index is 756. The summed E-state index contributed by atoms with van der Waals surface area (Å²) in [7, 11) is 3.99. The van der Waals surface area contributed by atoms with Crippen molar-refractivity contribution in [2.45, 2.75) is 11.5 Å². The van der Waals surface area contributed by atoms with Gasteiger partial charge in [0.2, 0.25) is 0 Å². The molecule has 0 fully saturated rings. The third-order valence-corrected chi connectivity index (χ3v) is 4.30. The van der Waals surface area contributed by atoms with Crippen molar-refractivity contribution in [1.29, 1.82) is 0 Å². The summed E-state index contributed by atoms with van der Waals surface area (Å²) in [4.78, 5) is 6.33. The van der Waals surface area contributed by atoms with E-state index < -0.39 is 0 Å². The number of aromatic nitrogens is 5. The quantitative estimate of drug-likeness (QED) is 0.694. The number of benzene rings is 1. The lowest BCUT2D eigenvalue weighted by atomic mass is 10.3. The number of pyridine rings is 1. The maximum absolute atomic E-state index is 4.33. The fourth-order valence-electron chi connectivity index (χ4n) is 2.12. The number of rotatable bonds is 6. The molecule has 2 heterocycles. The standard InChI is InChI=1S/C16H18N6S/c1-21(2)15-10-13(8-9-17-15)11-23-12-16-18-19-20-22(16)14-6-4-3-5-7-14/h3-10H,11-12H2,1-2H3. The molecule has 0 saturated carbocycles. The number of hydrogen-bond acceptors (Lipinski definition) is 6. The molecule has 1 aromatic carbocycles. The van der Waals surface area contributed by atoms with Gasteiger partial charge in [0.1, 0.15) is 5.82 Å². The summed E-state index contributed by atoms with van der Waals surface area (Å²) in [5, 5.41) is 12.0. The van der Waals surface area contributed by atoms with Crippen molar-refractivity contribution in [1.82, 2.24) is 25.2 Å². The minimum atomic E-state index is 0.752. The minimum absolute atomic E-state index is 0.752. The molecule has 0 N–H and O–H groups in total. The fourth-order valence-corrected chi connectivity index (χ4v) is 3.00. The van der Waals surface area contributed by atoms with Gasteiger partial charge in [-0.2, -0.15) is 4.68 Å². The third kappa shape index (κ3) is 3.87. The Labute approximate surface area is 139 Å². The highest BCUT2D eigenvalue weighted by atomic mass is 32.2. The monoisotopic (exact) mass is 326 g/mol. The Morgan fingerprint density at radius 2 is 1.91 bits per heavy atom. The molecule has 0 unspecified atom stereocenters. The topological polar surface area (TPSA) is 59.7 Å². The van der Waals surface area contributed by atoms with Crippen LogP contribution in [0.4, 0.5) is 5.82 Å². The molecule has 0 saturated heterocycles. The summed E-state index contributed by atoms with van der Waals surface area (Å²) in [5.41, 5.74) is 2.22. The normalized spacial score (nSPS) is 10.7. The second-order valence-electron chi connectivity index (χ2n) is 5.25. The molecule has 6 nitrogen and oxygen atoms in total. The zero-order valence-electron chi connectivity index (χ0n) is 13.1. The lowest BCUT2D eigenvalue weighted by Gasteiger charge is -2.12. The van der Waals surface area contributed by atoms with E-state index in [4.69, 9.17) is 0 Å². The largest absolute Gasteiger partial charge is 0.363 e. The predicted molar refractivity (Wildman–Crippen MR) is 92.7 cm³/mol. The van der Waals surface area contributed by atoms with E-state index in [2.05, 4.69) is 26.6 Å². The first-order valence-electron chi connectivity index (χ1n) is 7.27. The molecule has 0 radical (unpaired) electrons. The predicted octanol–water partition coefficient (Wildman–Crippen LogP) is 2.56. The van der Waals surface area contributed by atoms with E-state index in [0.29, 0.717) is 0 Å². The molecule has 0 spiro atoms. The summed E-state index contributed by atoms with van der Waals surface area (Å²) in [5.74, 6) is 3.47. The van der Waals surface area contributed by atoms with Gasteiger partial charge in [-0.15, -0.1) is 16.9 Å². The maximum atomic E-state index is 4.33. The Morgan fingerprint density at radius 1 is 1.09 bits per heavy atom. The van der Waals surface area contributed by atoms with Crippen molar-refractivity contribution in [3.05, 3.63) is 60.0 Å². The lowest BCUT2D eigenvalue weighted by molar-refractivity contribution is 0.777. The highest BCUT2D eigenvalue weighted by Crippen LogP contribution is 2.19. The number of anilines is 1. The van der Waals surface area contributed by atoms with E-state index in [1.54, 1.807) is 16.4 Å².